The second-order valence-corrected chi connectivity index (χ2v) is 6.32. The van der Waals surface area contributed by atoms with Crippen LogP contribution in [0.4, 0.5) is 4.39 Å². The van der Waals surface area contributed by atoms with E-state index in [1.807, 2.05) is 0 Å². The minimum Gasteiger partial charge on any atom is -0.480 e. The van der Waals surface area contributed by atoms with Gasteiger partial charge in [0.25, 0.3) is 0 Å². The quantitative estimate of drug-likeness (QED) is 0.721. The van der Waals surface area contributed by atoms with Crippen LogP contribution >= 0.6 is 15.9 Å². The van der Waals surface area contributed by atoms with Crippen LogP contribution < -0.4 is 4.72 Å². The second kappa shape index (κ2) is 5.95. The summed E-state index contributed by atoms with van der Waals surface area (Å²) in [7, 11) is -4.24. The highest BCUT2D eigenvalue weighted by molar-refractivity contribution is 9.10. The minimum absolute atomic E-state index is 0.0803. The first-order chi connectivity index (χ1) is 8.65. The lowest BCUT2D eigenvalue weighted by molar-refractivity contribution is -0.141. The van der Waals surface area contributed by atoms with Crippen LogP contribution in [0.3, 0.4) is 0 Å². The molecule has 0 radical (unpaired) electrons. The fraction of sp³-hybridized carbons (Fsp3) is 0.300. The number of aliphatic hydroxyl groups is 1. The Bertz CT molecular complexity index is 590. The lowest BCUT2D eigenvalue weighted by atomic mass is 10.2. The van der Waals surface area contributed by atoms with Crippen LogP contribution in [0.15, 0.2) is 27.6 Å². The van der Waals surface area contributed by atoms with Gasteiger partial charge in [0.15, 0.2) is 0 Å². The standard InChI is InChI=1S/C10H11BrFNO5S/c1-5(14)9(10(15)16)13-19(17,18)6-2-3-7(11)8(12)4-6/h2-5,9,13-14H,1H3,(H,15,16). The number of benzene rings is 1. The maximum Gasteiger partial charge on any atom is 0.324 e. The van der Waals surface area contributed by atoms with Crippen LogP contribution in [0.25, 0.3) is 0 Å². The predicted molar refractivity (Wildman–Crippen MR) is 67.5 cm³/mol. The van der Waals surface area contributed by atoms with Gasteiger partial charge in [-0.1, -0.05) is 0 Å². The maximum atomic E-state index is 13.3. The lowest BCUT2D eigenvalue weighted by Gasteiger charge is -2.17. The molecule has 2 atom stereocenters. The topological polar surface area (TPSA) is 104 Å². The van der Waals surface area contributed by atoms with Crippen LogP contribution in [0.2, 0.25) is 0 Å². The van der Waals surface area contributed by atoms with Crippen LogP contribution in [-0.2, 0) is 14.8 Å². The summed E-state index contributed by atoms with van der Waals surface area (Å²) in [6.07, 6.45) is -1.44. The van der Waals surface area contributed by atoms with Crippen molar-refractivity contribution in [3.05, 3.63) is 28.5 Å². The molecule has 2 unspecified atom stereocenters. The minimum atomic E-state index is -4.24. The molecule has 106 valence electrons. The Balaban J connectivity index is 3.10. The normalized spacial score (nSPS) is 14.9. The smallest absolute Gasteiger partial charge is 0.324 e. The van der Waals surface area contributed by atoms with E-state index in [2.05, 4.69) is 15.9 Å². The molecule has 0 aliphatic heterocycles. The molecule has 0 aromatic heterocycles. The van der Waals surface area contributed by atoms with E-state index in [1.54, 1.807) is 4.72 Å². The van der Waals surface area contributed by atoms with Crippen molar-refractivity contribution in [1.29, 1.82) is 0 Å². The molecule has 1 aromatic carbocycles. The van der Waals surface area contributed by atoms with E-state index in [-0.39, 0.29) is 4.47 Å². The fourth-order valence-electron chi connectivity index (χ4n) is 1.23. The summed E-state index contributed by atoms with van der Waals surface area (Å²) in [5, 5.41) is 18.0. The number of carbonyl (C=O) groups is 1. The van der Waals surface area contributed by atoms with Gasteiger partial charge in [0.2, 0.25) is 10.0 Å². The highest BCUT2D eigenvalue weighted by atomic mass is 79.9. The number of carboxylic acid groups (broad SMARTS) is 1. The van der Waals surface area contributed by atoms with E-state index < -0.39 is 38.9 Å². The summed E-state index contributed by atoms with van der Waals surface area (Å²) in [5.74, 6) is -2.33. The number of sulfonamides is 1. The van der Waals surface area contributed by atoms with Crippen LogP contribution in [0.1, 0.15) is 6.92 Å². The molecule has 1 rings (SSSR count). The average molecular weight is 356 g/mol. The predicted octanol–water partition coefficient (Wildman–Crippen LogP) is 0.700. The first kappa shape index (κ1) is 16.0. The Labute approximate surface area is 117 Å². The molecule has 9 heteroatoms. The van der Waals surface area contributed by atoms with Crippen molar-refractivity contribution in [2.24, 2.45) is 0 Å². The van der Waals surface area contributed by atoms with Gasteiger partial charge in [-0.2, -0.15) is 4.72 Å². The molecule has 0 spiro atoms. The number of hydrogen-bond acceptors (Lipinski definition) is 4. The van der Waals surface area contributed by atoms with E-state index in [0.717, 1.165) is 19.1 Å². The Hall–Kier alpha value is -1.03. The van der Waals surface area contributed by atoms with Crippen molar-refractivity contribution in [3.63, 3.8) is 0 Å². The number of carboxylic acids is 1. The van der Waals surface area contributed by atoms with Crippen molar-refractivity contribution in [2.75, 3.05) is 0 Å². The summed E-state index contributed by atoms with van der Waals surface area (Å²) in [5.41, 5.74) is 0. The number of aliphatic hydroxyl groups excluding tert-OH is 1. The molecule has 0 aliphatic rings. The Kier molecular flexibility index (Phi) is 5.02. The lowest BCUT2D eigenvalue weighted by Crippen LogP contribution is -2.47. The van der Waals surface area contributed by atoms with Crippen LogP contribution in [-0.4, -0.2) is 36.7 Å². The van der Waals surface area contributed by atoms with Gasteiger partial charge in [-0.3, -0.25) is 4.79 Å². The zero-order valence-corrected chi connectivity index (χ0v) is 12.1. The molecule has 0 saturated heterocycles. The molecule has 0 heterocycles. The number of aliphatic carboxylic acids is 1. The monoisotopic (exact) mass is 355 g/mol. The van der Waals surface area contributed by atoms with Crippen molar-refractivity contribution < 1.29 is 27.8 Å². The van der Waals surface area contributed by atoms with E-state index in [1.165, 1.54) is 6.07 Å². The van der Waals surface area contributed by atoms with Gasteiger partial charge in [-0.25, -0.2) is 12.8 Å². The highest BCUT2D eigenvalue weighted by Crippen LogP contribution is 2.19. The second-order valence-electron chi connectivity index (χ2n) is 3.75. The van der Waals surface area contributed by atoms with Gasteiger partial charge in [0.1, 0.15) is 11.9 Å². The van der Waals surface area contributed by atoms with E-state index >= 15 is 0 Å². The molecule has 0 saturated carbocycles. The molecule has 0 aliphatic carbocycles. The SMILES string of the molecule is CC(O)C(NS(=O)(=O)c1ccc(Br)c(F)c1)C(=O)O. The molecule has 0 amide bonds. The first-order valence-corrected chi connectivity index (χ1v) is 7.31. The summed E-state index contributed by atoms with van der Waals surface area (Å²) < 4.78 is 38.8. The number of rotatable bonds is 5. The molecule has 19 heavy (non-hydrogen) atoms. The Morgan fingerprint density at radius 1 is 1.47 bits per heavy atom. The van der Waals surface area contributed by atoms with Gasteiger partial charge < -0.3 is 10.2 Å². The first-order valence-electron chi connectivity index (χ1n) is 5.03. The average Bonchev–Trinajstić information content (AvgIpc) is 2.28. The molecule has 0 fully saturated rings. The number of halogens is 2. The Morgan fingerprint density at radius 3 is 2.47 bits per heavy atom. The fourth-order valence-corrected chi connectivity index (χ4v) is 2.76. The number of hydrogen-bond donors (Lipinski definition) is 3. The van der Waals surface area contributed by atoms with E-state index in [0.29, 0.717) is 0 Å². The molecule has 6 nitrogen and oxygen atoms in total. The summed E-state index contributed by atoms with van der Waals surface area (Å²) >= 11 is 2.87. The van der Waals surface area contributed by atoms with Gasteiger partial charge in [0.05, 0.1) is 15.5 Å². The van der Waals surface area contributed by atoms with Crippen LogP contribution in [0.5, 0.6) is 0 Å². The maximum absolute atomic E-state index is 13.3. The van der Waals surface area contributed by atoms with Gasteiger partial charge >= 0.3 is 5.97 Å². The number of nitrogens with one attached hydrogen (secondary N) is 1. The van der Waals surface area contributed by atoms with E-state index in [4.69, 9.17) is 5.11 Å². The molecule has 1 aromatic rings. The van der Waals surface area contributed by atoms with Crippen molar-refractivity contribution in [1.82, 2.24) is 4.72 Å². The summed E-state index contributed by atoms with van der Waals surface area (Å²) in [4.78, 5) is 10.4. The van der Waals surface area contributed by atoms with Crippen LogP contribution in [0, 0.1) is 5.82 Å². The molecule has 0 bridgehead atoms. The van der Waals surface area contributed by atoms with Crippen molar-refractivity contribution in [3.8, 4) is 0 Å². The largest absolute Gasteiger partial charge is 0.480 e. The highest BCUT2D eigenvalue weighted by Gasteiger charge is 2.29. The van der Waals surface area contributed by atoms with E-state index in [9.17, 15) is 22.7 Å². The van der Waals surface area contributed by atoms with Crippen molar-refractivity contribution >= 4 is 31.9 Å². The van der Waals surface area contributed by atoms with Gasteiger partial charge in [-0.15, -0.1) is 0 Å². The zero-order valence-electron chi connectivity index (χ0n) is 9.67. The molecule has 3 N–H and O–H groups in total. The Morgan fingerprint density at radius 2 is 2.05 bits per heavy atom. The third-order valence-electron chi connectivity index (χ3n) is 2.23. The zero-order chi connectivity index (χ0) is 14.8. The third-order valence-corrected chi connectivity index (χ3v) is 4.31. The van der Waals surface area contributed by atoms with Gasteiger partial charge in [-0.05, 0) is 41.1 Å². The molecular formula is C10H11BrFNO5S. The third kappa shape index (κ3) is 3.96. The summed E-state index contributed by atoms with van der Waals surface area (Å²) in [6, 6.07) is 1.32. The van der Waals surface area contributed by atoms with Crippen molar-refractivity contribution in [2.45, 2.75) is 24.0 Å². The van der Waals surface area contributed by atoms with Gasteiger partial charge in [0, 0.05) is 0 Å². The molecular weight excluding hydrogens is 345 g/mol. The summed E-state index contributed by atoms with van der Waals surface area (Å²) in [6.45, 7) is 1.13.